The Morgan fingerprint density at radius 2 is 1.32 bits per heavy atom. The van der Waals surface area contributed by atoms with Gasteiger partial charge in [-0.25, -0.2) is 4.79 Å². The van der Waals surface area contributed by atoms with Gasteiger partial charge >= 0.3 is 5.97 Å². The van der Waals surface area contributed by atoms with Gasteiger partial charge in [-0.15, -0.1) is 0 Å². The van der Waals surface area contributed by atoms with Crippen LogP contribution in [-0.2, 0) is 16.0 Å². The van der Waals surface area contributed by atoms with Crippen LogP contribution in [0.1, 0.15) is 5.56 Å². The van der Waals surface area contributed by atoms with Gasteiger partial charge in [-0.2, -0.15) is 0 Å². The lowest BCUT2D eigenvalue weighted by Gasteiger charge is -2.28. The lowest BCUT2D eigenvalue weighted by molar-refractivity contribution is -0.132. The smallest absolute Gasteiger partial charge is 0.335 e. The maximum absolute atomic E-state index is 12.8. The third-order valence-corrected chi connectivity index (χ3v) is 9.28. The topological polar surface area (TPSA) is 26.3 Å². The number of hydrogen-bond acceptors (Lipinski definition) is 2. The number of benzene rings is 3. The highest BCUT2D eigenvalue weighted by Gasteiger charge is 2.39. The maximum Gasteiger partial charge on any atom is 0.335 e. The number of methoxy groups -OCH3 is 1. The monoisotopic (exact) mass is 346 g/mol. The molecule has 1 aliphatic heterocycles. The third kappa shape index (κ3) is 2.37. The van der Waals surface area contributed by atoms with Crippen LogP contribution in [0.2, 0.25) is 0 Å². The van der Waals surface area contributed by atoms with Crippen molar-refractivity contribution in [3.05, 3.63) is 90.5 Å². The van der Waals surface area contributed by atoms with Crippen molar-refractivity contribution < 1.29 is 9.53 Å². The van der Waals surface area contributed by atoms with Crippen molar-refractivity contribution in [2.24, 2.45) is 0 Å². The van der Waals surface area contributed by atoms with Crippen LogP contribution in [0.3, 0.4) is 0 Å². The van der Waals surface area contributed by atoms with Crippen LogP contribution in [0.25, 0.3) is 0 Å². The highest BCUT2D eigenvalue weighted by Crippen LogP contribution is 2.51. The van der Waals surface area contributed by atoms with E-state index in [9.17, 15) is 4.79 Å². The minimum absolute atomic E-state index is 0.197. The fourth-order valence-electron chi connectivity index (χ4n) is 3.80. The average molecular weight is 346 g/mol. The predicted octanol–water partition coefficient (Wildman–Crippen LogP) is 2.88. The van der Waals surface area contributed by atoms with E-state index >= 15 is 0 Å². The van der Waals surface area contributed by atoms with Gasteiger partial charge in [0.25, 0.3) is 0 Å². The van der Waals surface area contributed by atoms with Gasteiger partial charge in [0.2, 0.25) is 0 Å². The largest absolute Gasteiger partial charge is 0.466 e. The lowest BCUT2D eigenvalue weighted by atomic mass is 10.1. The summed E-state index contributed by atoms with van der Waals surface area (Å²) in [4.78, 5) is 12.8. The minimum atomic E-state index is -2.18. The van der Waals surface area contributed by atoms with Gasteiger partial charge in [0.1, 0.15) is 0 Å². The molecular formula is C22H19O2P. The van der Waals surface area contributed by atoms with Gasteiger partial charge in [0.15, 0.2) is 0 Å². The second kappa shape index (κ2) is 6.38. The van der Waals surface area contributed by atoms with E-state index in [1.54, 1.807) is 0 Å². The van der Waals surface area contributed by atoms with Crippen molar-refractivity contribution in [2.75, 3.05) is 7.11 Å². The summed E-state index contributed by atoms with van der Waals surface area (Å²) in [7, 11) is 1.48. The molecule has 1 heterocycles. The molecule has 0 amide bonds. The molecule has 3 aromatic carbocycles. The number of rotatable bonds is 3. The first kappa shape index (κ1) is 15.9. The molecule has 0 aliphatic carbocycles. The lowest BCUT2D eigenvalue weighted by Crippen LogP contribution is -2.30. The highest BCUT2D eigenvalue weighted by molar-refractivity contribution is 7.97. The SMILES string of the molecule is COC(=O)C1=P(c2ccccc2)(c2ccccc2)c2ccccc2C1. The normalized spacial score (nSPS) is 14.8. The Labute approximate surface area is 148 Å². The maximum atomic E-state index is 12.8. The first-order valence-electron chi connectivity index (χ1n) is 8.32. The molecule has 4 rings (SSSR count). The van der Waals surface area contributed by atoms with E-state index in [1.165, 1.54) is 28.6 Å². The van der Waals surface area contributed by atoms with Gasteiger partial charge in [-0.05, 0) is 28.4 Å². The Balaban J connectivity index is 2.19. The summed E-state index contributed by atoms with van der Waals surface area (Å²) in [6.07, 6.45) is 0.653. The highest BCUT2D eigenvalue weighted by atomic mass is 31.2. The number of carbonyl (C=O) groups excluding carboxylic acids is 1. The first-order valence-corrected chi connectivity index (χ1v) is 10.1. The summed E-state index contributed by atoms with van der Waals surface area (Å²) in [6, 6.07) is 29.2. The number of fused-ring (bicyclic) bond motifs is 1. The van der Waals surface area contributed by atoms with Crippen molar-refractivity contribution in [1.82, 2.24) is 0 Å². The van der Waals surface area contributed by atoms with Crippen LogP contribution in [0, 0.1) is 0 Å². The number of esters is 1. The number of ether oxygens (including phenoxy) is 1. The van der Waals surface area contributed by atoms with Crippen molar-refractivity contribution in [1.29, 1.82) is 0 Å². The summed E-state index contributed by atoms with van der Waals surface area (Å²) in [5.74, 6) is -0.197. The van der Waals surface area contributed by atoms with Crippen LogP contribution in [0.5, 0.6) is 0 Å². The van der Waals surface area contributed by atoms with E-state index in [1.807, 2.05) is 18.2 Å². The van der Waals surface area contributed by atoms with Gasteiger partial charge in [-0.3, -0.25) is 0 Å². The summed E-state index contributed by atoms with van der Waals surface area (Å²) in [6.45, 7) is -2.18. The van der Waals surface area contributed by atoms with E-state index < -0.39 is 6.89 Å². The summed E-state index contributed by atoms with van der Waals surface area (Å²) in [5.41, 5.74) is 1.23. The third-order valence-electron chi connectivity index (χ3n) is 4.82. The molecule has 0 fully saturated rings. The van der Waals surface area contributed by atoms with Crippen LogP contribution < -0.4 is 15.9 Å². The van der Waals surface area contributed by atoms with E-state index in [4.69, 9.17) is 4.74 Å². The molecule has 0 radical (unpaired) electrons. The zero-order valence-electron chi connectivity index (χ0n) is 14.1. The number of carbonyl (C=O) groups is 1. The molecule has 1 aliphatic rings. The molecule has 0 atom stereocenters. The van der Waals surface area contributed by atoms with Gasteiger partial charge in [-0.1, -0.05) is 84.9 Å². The van der Waals surface area contributed by atoms with Gasteiger partial charge in [0.05, 0.1) is 12.4 Å². The number of hydrogen-bond donors (Lipinski definition) is 0. The van der Waals surface area contributed by atoms with Crippen molar-refractivity contribution in [3.8, 4) is 0 Å². The van der Waals surface area contributed by atoms with E-state index in [-0.39, 0.29) is 5.97 Å². The molecule has 0 unspecified atom stereocenters. The average Bonchev–Trinajstić information content (AvgIpc) is 3.05. The van der Waals surface area contributed by atoms with Crippen LogP contribution in [0.15, 0.2) is 84.9 Å². The summed E-state index contributed by atoms with van der Waals surface area (Å²) in [5, 5.41) is 4.56. The first-order chi connectivity index (χ1) is 12.3. The molecular weight excluding hydrogens is 327 g/mol. The van der Waals surface area contributed by atoms with Crippen LogP contribution >= 0.6 is 6.89 Å². The molecule has 0 spiro atoms. The zero-order valence-corrected chi connectivity index (χ0v) is 14.9. The van der Waals surface area contributed by atoms with E-state index in [2.05, 4.69) is 66.7 Å². The van der Waals surface area contributed by atoms with Crippen LogP contribution in [-0.4, -0.2) is 18.4 Å². The quantitative estimate of drug-likeness (QED) is 0.538. The van der Waals surface area contributed by atoms with Crippen molar-refractivity contribution in [2.45, 2.75) is 6.42 Å². The second-order valence-corrected chi connectivity index (χ2v) is 9.48. The molecule has 124 valence electrons. The predicted molar refractivity (Wildman–Crippen MR) is 106 cm³/mol. The Kier molecular flexibility index (Phi) is 4.07. The fraction of sp³-hybridized carbons (Fsp3) is 0.0909. The van der Waals surface area contributed by atoms with Gasteiger partial charge < -0.3 is 4.74 Å². The van der Waals surface area contributed by atoms with Crippen molar-refractivity contribution >= 4 is 34.1 Å². The Morgan fingerprint density at radius 3 is 1.88 bits per heavy atom. The molecule has 0 aromatic heterocycles. The standard InChI is InChI=1S/C22H19O2P/c1-24-22(23)21-16-17-10-8-9-15-20(17)25(21,18-11-4-2-5-12-18)19-13-6-3-7-14-19/h2-15H,16H2,1H3. The summed E-state index contributed by atoms with van der Waals surface area (Å²) < 4.78 is 5.22. The zero-order chi connectivity index (χ0) is 17.3. The molecule has 2 nitrogen and oxygen atoms in total. The fourth-order valence-corrected chi connectivity index (χ4v) is 8.48. The van der Waals surface area contributed by atoms with Gasteiger partial charge in [0, 0.05) is 6.42 Å². The Morgan fingerprint density at radius 1 is 0.800 bits per heavy atom. The van der Waals surface area contributed by atoms with E-state index in [0.717, 1.165) is 5.29 Å². The molecule has 3 heteroatoms. The molecule has 0 saturated carbocycles. The molecule has 25 heavy (non-hydrogen) atoms. The summed E-state index contributed by atoms with van der Waals surface area (Å²) >= 11 is 0. The van der Waals surface area contributed by atoms with Crippen molar-refractivity contribution in [3.63, 3.8) is 0 Å². The van der Waals surface area contributed by atoms with E-state index in [0.29, 0.717) is 6.42 Å². The molecule has 0 N–H and O–H groups in total. The van der Waals surface area contributed by atoms with Crippen LogP contribution in [0.4, 0.5) is 0 Å². The molecule has 0 bridgehead atoms. The molecule has 0 saturated heterocycles. The second-order valence-electron chi connectivity index (χ2n) is 6.09. The Bertz CT molecular complexity index is 932. The minimum Gasteiger partial charge on any atom is -0.466 e. The molecule has 3 aromatic rings. The Hall–Kier alpha value is -2.57.